The topological polar surface area (TPSA) is 99.7 Å². The summed E-state index contributed by atoms with van der Waals surface area (Å²) in [6.07, 6.45) is -0.945. The molecule has 26 heavy (non-hydrogen) atoms. The molecule has 0 aliphatic carbocycles. The van der Waals surface area contributed by atoms with E-state index in [1.54, 1.807) is 24.3 Å². The van der Waals surface area contributed by atoms with Crippen LogP contribution in [0.15, 0.2) is 48.5 Å². The summed E-state index contributed by atoms with van der Waals surface area (Å²) in [7, 11) is 1.43. The number of aliphatic hydroxyl groups is 1. The molecule has 4 N–H and O–H groups in total. The van der Waals surface area contributed by atoms with Gasteiger partial charge in [0, 0.05) is 25.0 Å². The number of aliphatic hydroxyl groups excluding tert-OH is 1. The number of methoxy groups -OCH3 is 1. The Morgan fingerprint density at radius 1 is 1.04 bits per heavy atom. The highest BCUT2D eigenvalue weighted by molar-refractivity contribution is 5.93. The van der Waals surface area contributed by atoms with Crippen molar-refractivity contribution < 1.29 is 23.8 Å². The molecule has 0 heterocycles. The SMILES string of the molecule is COCC(=O)Nc1ccc(NC(=O)NCC(O)c2ccc(F)cc2)cc1. The van der Waals surface area contributed by atoms with Gasteiger partial charge in [-0.15, -0.1) is 0 Å². The van der Waals surface area contributed by atoms with Crippen LogP contribution in [0.2, 0.25) is 0 Å². The lowest BCUT2D eigenvalue weighted by Gasteiger charge is -2.13. The maximum absolute atomic E-state index is 12.9. The molecule has 138 valence electrons. The van der Waals surface area contributed by atoms with Crippen molar-refractivity contribution in [3.63, 3.8) is 0 Å². The van der Waals surface area contributed by atoms with Crippen LogP contribution < -0.4 is 16.0 Å². The molecule has 1 unspecified atom stereocenters. The van der Waals surface area contributed by atoms with Crippen LogP contribution >= 0.6 is 0 Å². The lowest BCUT2D eigenvalue weighted by molar-refractivity contribution is -0.119. The van der Waals surface area contributed by atoms with Crippen LogP contribution in [0.5, 0.6) is 0 Å². The van der Waals surface area contributed by atoms with Gasteiger partial charge in [0.15, 0.2) is 0 Å². The van der Waals surface area contributed by atoms with E-state index in [-0.39, 0.29) is 19.1 Å². The molecule has 0 fully saturated rings. The first-order valence-corrected chi connectivity index (χ1v) is 7.85. The smallest absolute Gasteiger partial charge is 0.319 e. The van der Waals surface area contributed by atoms with Gasteiger partial charge in [0.05, 0.1) is 6.10 Å². The van der Waals surface area contributed by atoms with E-state index >= 15 is 0 Å². The summed E-state index contributed by atoms with van der Waals surface area (Å²) < 4.78 is 17.6. The summed E-state index contributed by atoms with van der Waals surface area (Å²) in [5, 5.41) is 17.7. The number of amides is 3. The van der Waals surface area contributed by atoms with E-state index in [1.165, 1.54) is 31.4 Å². The number of hydrogen-bond acceptors (Lipinski definition) is 4. The van der Waals surface area contributed by atoms with Gasteiger partial charge in [-0.05, 0) is 42.0 Å². The zero-order chi connectivity index (χ0) is 18.9. The summed E-state index contributed by atoms with van der Waals surface area (Å²) in [5.41, 5.74) is 1.59. The number of carbonyl (C=O) groups excluding carboxylic acids is 2. The fourth-order valence-corrected chi connectivity index (χ4v) is 2.13. The molecule has 3 amide bonds. The molecule has 0 aliphatic rings. The average molecular weight is 361 g/mol. The van der Waals surface area contributed by atoms with E-state index in [0.29, 0.717) is 16.9 Å². The summed E-state index contributed by atoms with van der Waals surface area (Å²) in [6.45, 7) is -0.0680. The van der Waals surface area contributed by atoms with Gasteiger partial charge < -0.3 is 25.8 Å². The minimum atomic E-state index is -0.945. The van der Waals surface area contributed by atoms with Crippen LogP contribution in [0.3, 0.4) is 0 Å². The number of benzene rings is 2. The second-order valence-corrected chi connectivity index (χ2v) is 5.46. The fourth-order valence-electron chi connectivity index (χ4n) is 2.13. The van der Waals surface area contributed by atoms with E-state index in [9.17, 15) is 19.1 Å². The quantitative estimate of drug-likeness (QED) is 0.608. The first-order valence-electron chi connectivity index (χ1n) is 7.85. The third-order valence-electron chi connectivity index (χ3n) is 3.41. The Morgan fingerprint density at radius 3 is 2.19 bits per heavy atom. The molecule has 2 rings (SSSR count). The molecular formula is C18H20FN3O4. The van der Waals surface area contributed by atoms with E-state index < -0.39 is 18.0 Å². The molecule has 2 aromatic rings. The molecule has 0 aromatic heterocycles. The highest BCUT2D eigenvalue weighted by Gasteiger charge is 2.10. The summed E-state index contributed by atoms with van der Waals surface area (Å²) in [6, 6.07) is 11.4. The van der Waals surface area contributed by atoms with Crippen molar-refractivity contribution in [2.45, 2.75) is 6.10 Å². The minimum Gasteiger partial charge on any atom is -0.387 e. The highest BCUT2D eigenvalue weighted by atomic mass is 19.1. The number of nitrogens with one attached hydrogen (secondary N) is 3. The molecule has 2 aromatic carbocycles. The minimum absolute atomic E-state index is 0.0252. The standard InChI is InChI=1S/C18H20FN3O4/c1-26-11-17(24)21-14-6-8-15(9-7-14)22-18(25)20-10-16(23)12-2-4-13(19)5-3-12/h2-9,16,23H,10-11H2,1H3,(H,21,24)(H2,20,22,25). The normalized spacial score (nSPS) is 11.5. The summed E-state index contributed by atoms with van der Waals surface area (Å²) >= 11 is 0. The molecule has 8 heteroatoms. The first-order chi connectivity index (χ1) is 12.5. The van der Waals surface area contributed by atoms with Crippen LogP contribution in [0.4, 0.5) is 20.6 Å². The molecule has 0 saturated carbocycles. The largest absolute Gasteiger partial charge is 0.387 e. The van der Waals surface area contributed by atoms with E-state index in [0.717, 1.165) is 0 Å². The van der Waals surface area contributed by atoms with Gasteiger partial charge in [-0.3, -0.25) is 4.79 Å². The number of anilines is 2. The number of ether oxygens (including phenoxy) is 1. The average Bonchev–Trinajstić information content (AvgIpc) is 2.62. The van der Waals surface area contributed by atoms with Gasteiger partial charge in [-0.1, -0.05) is 12.1 Å². The Labute approximate surface area is 150 Å². The molecule has 0 saturated heterocycles. The van der Waals surface area contributed by atoms with Crippen LogP contribution in [0.1, 0.15) is 11.7 Å². The number of carbonyl (C=O) groups is 2. The van der Waals surface area contributed by atoms with Crippen LogP contribution in [-0.4, -0.2) is 37.3 Å². The second-order valence-electron chi connectivity index (χ2n) is 5.46. The maximum atomic E-state index is 12.9. The van der Waals surface area contributed by atoms with Crippen LogP contribution in [0, 0.1) is 5.82 Å². The van der Waals surface area contributed by atoms with Crippen molar-refractivity contribution in [3.05, 3.63) is 59.9 Å². The fraction of sp³-hybridized carbons (Fsp3) is 0.222. The maximum Gasteiger partial charge on any atom is 0.319 e. The number of halogens is 1. The Bertz CT molecular complexity index is 735. The van der Waals surface area contributed by atoms with E-state index in [1.807, 2.05) is 0 Å². The zero-order valence-electron chi connectivity index (χ0n) is 14.2. The molecular weight excluding hydrogens is 341 g/mol. The number of urea groups is 1. The first kappa shape index (κ1) is 19.4. The van der Waals surface area contributed by atoms with Crippen LogP contribution in [0.25, 0.3) is 0 Å². The molecule has 0 aliphatic heterocycles. The molecule has 7 nitrogen and oxygen atoms in total. The number of rotatable bonds is 7. The summed E-state index contributed by atoms with van der Waals surface area (Å²) in [4.78, 5) is 23.3. The molecule has 0 bridgehead atoms. The zero-order valence-corrected chi connectivity index (χ0v) is 14.2. The van der Waals surface area contributed by atoms with Crippen molar-refractivity contribution in [2.24, 2.45) is 0 Å². The van der Waals surface area contributed by atoms with Crippen molar-refractivity contribution in [3.8, 4) is 0 Å². The van der Waals surface area contributed by atoms with Crippen molar-refractivity contribution in [1.29, 1.82) is 0 Å². The molecule has 0 radical (unpaired) electrons. The van der Waals surface area contributed by atoms with E-state index in [4.69, 9.17) is 4.74 Å². The lowest BCUT2D eigenvalue weighted by atomic mass is 10.1. The third-order valence-corrected chi connectivity index (χ3v) is 3.41. The van der Waals surface area contributed by atoms with Crippen molar-refractivity contribution in [2.75, 3.05) is 30.9 Å². The monoisotopic (exact) mass is 361 g/mol. The third kappa shape index (κ3) is 6.15. The Kier molecular flexibility index (Phi) is 7.07. The van der Waals surface area contributed by atoms with E-state index in [2.05, 4.69) is 16.0 Å². The lowest BCUT2D eigenvalue weighted by Crippen LogP contribution is -2.32. The van der Waals surface area contributed by atoms with Gasteiger partial charge in [0.2, 0.25) is 5.91 Å². The predicted octanol–water partition coefficient (Wildman–Crippen LogP) is 2.27. The van der Waals surface area contributed by atoms with Gasteiger partial charge in [0.25, 0.3) is 0 Å². The Hall–Kier alpha value is -2.97. The highest BCUT2D eigenvalue weighted by Crippen LogP contribution is 2.14. The Balaban J connectivity index is 1.80. The van der Waals surface area contributed by atoms with Crippen molar-refractivity contribution >= 4 is 23.3 Å². The summed E-state index contributed by atoms with van der Waals surface area (Å²) in [5.74, 6) is -0.672. The number of hydrogen-bond donors (Lipinski definition) is 4. The molecule has 1 atom stereocenters. The van der Waals surface area contributed by atoms with Gasteiger partial charge >= 0.3 is 6.03 Å². The molecule has 0 spiro atoms. The van der Waals surface area contributed by atoms with Crippen molar-refractivity contribution in [1.82, 2.24) is 5.32 Å². The van der Waals surface area contributed by atoms with Gasteiger partial charge in [0.1, 0.15) is 12.4 Å². The Morgan fingerprint density at radius 2 is 1.62 bits per heavy atom. The van der Waals surface area contributed by atoms with Crippen LogP contribution in [-0.2, 0) is 9.53 Å². The van der Waals surface area contributed by atoms with Gasteiger partial charge in [-0.2, -0.15) is 0 Å². The predicted molar refractivity (Wildman–Crippen MR) is 95.3 cm³/mol. The second kappa shape index (κ2) is 9.50. The van der Waals surface area contributed by atoms with Gasteiger partial charge in [-0.25, -0.2) is 9.18 Å².